The van der Waals surface area contributed by atoms with Crippen LogP contribution < -0.4 is 0 Å². The summed E-state index contributed by atoms with van der Waals surface area (Å²) in [6.07, 6.45) is 4.74. The highest BCUT2D eigenvalue weighted by atomic mass is 14.7. The molecule has 2 aliphatic rings. The van der Waals surface area contributed by atoms with Gasteiger partial charge in [0.2, 0.25) is 0 Å². The Balaban J connectivity index is 2.29. The first-order chi connectivity index (χ1) is 6.49. The third-order valence-electron chi connectivity index (χ3n) is 4.80. The van der Waals surface area contributed by atoms with Gasteiger partial charge in [-0.25, -0.2) is 0 Å². The molecule has 0 bridgehead atoms. The van der Waals surface area contributed by atoms with Crippen molar-refractivity contribution in [1.29, 1.82) is 10.5 Å². The second-order valence-corrected chi connectivity index (χ2v) is 5.70. The van der Waals surface area contributed by atoms with Crippen molar-refractivity contribution in [3.05, 3.63) is 0 Å². The lowest BCUT2D eigenvalue weighted by Crippen LogP contribution is -2.42. The summed E-state index contributed by atoms with van der Waals surface area (Å²) >= 11 is 0. The van der Waals surface area contributed by atoms with Gasteiger partial charge in [-0.2, -0.15) is 10.5 Å². The van der Waals surface area contributed by atoms with Gasteiger partial charge in [0.25, 0.3) is 0 Å². The van der Waals surface area contributed by atoms with E-state index in [1.165, 1.54) is 12.8 Å². The highest BCUT2D eigenvalue weighted by Crippen LogP contribution is 2.71. The third kappa shape index (κ3) is 0.947. The maximum absolute atomic E-state index is 9.24. The first kappa shape index (κ1) is 9.53. The molecule has 0 aromatic heterocycles. The van der Waals surface area contributed by atoms with Gasteiger partial charge in [-0.3, -0.25) is 0 Å². The zero-order valence-corrected chi connectivity index (χ0v) is 8.93. The lowest BCUT2D eigenvalue weighted by atomic mass is 9.53. The average Bonchev–Trinajstić information content (AvgIpc) is 2.28. The molecule has 1 unspecified atom stereocenters. The van der Waals surface area contributed by atoms with E-state index in [1.807, 2.05) is 0 Å². The van der Waals surface area contributed by atoms with Crippen molar-refractivity contribution < 1.29 is 0 Å². The summed E-state index contributed by atoms with van der Waals surface area (Å²) in [5.74, 6) is 0. The molecular weight excluding hydrogens is 172 g/mol. The van der Waals surface area contributed by atoms with Gasteiger partial charge in [-0.1, -0.05) is 13.8 Å². The van der Waals surface area contributed by atoms with Gasteiger partial charge in [0.1, 0.15) is 0 Å². The lowest BCUT2D eigenvalue weighted by Gasteiger charge is -2.51. The van der Waals surface area contributed by atoms with Crippen LogP contribution in [0.1, 0.15) is 46.0 Å². The summed E-state index contributed by atoms with van der Waals surface area (Å²) in [5, 5.41) is 18.0. The molecule has 0 N–H and O–H groups in total. The number of fused-ring (bicyclic) bond motifs is 1. The average molecular weight is 188 g/mol. The quantitative estimate of drug-likeness (QED) is 0.635. The smallest absolute Gasteiger partial charge is 0.0714 e. The molecule has 3 atom stereocenters. The molecule has 74 valence electrons. The lowest BCUT2D eigenvalue weighted by molar-refractivity contribution is -0.0164. The summed E-state index contributed by atoms with van der Waals surface area (Å²) in [6, 6.07) is 4.59. The summed E-state index contributed by atoms with van der Waals surface area (Å²) < 4.78 is 0. The molecule has 0 saturated heterocycles. The molecular formula is C12H16N2. The van der Waals surface area contributed by atoms with E-state index in [2.05, 4.69) is 26.0 Å². The molecule has 0 amide bonds. The van der Waals surface area contributed by atoms with Crippen LogP contribution in [0.15, 0.2) is 0 Å². The van der Waals surface area contributed by atoms with E-state index in [-0.39, 0.29) is 5.41 Å². The fraction of sp³-hybridized carbons (Fsp3) is 0.833. The molecule has 2 heteroatoms. The van der Waals surface area contributed by atoms with Gasteiger partial charge >= 0.3 is 0 Å². The molecule has 0 spiro atoms. The van der Waals surface area contributed by atoms with Crippen molar-refractivity contribution in [3.63, 3.8) is 0 Å². The second kappa shape index (κ2) is 2.51. The normalized spacial score (nSPS) is 50.0. The van der Waals surface area contributed by atoms with Crippen LogP contribution in [0.2, 0.25) is 0 Å². The third-order valence-corrected chi connectivity index (χ3v) is 4.80. The topological polar surface area (TPSA) is 47.6 Å². The highest BCUT2D eigenvalue weighted by molar-refractivity contribution is 5.20. The minimum atomic E-state index is -0.339. The SMILES string of the molecule is C[C@@]12CC[C@]1(C)CC(C#N)(CC#N)C2. The Morgan fingerprint density at radius 3 is 1.86 bits per heavy atom. The molecule has 0 aromatic carbocycles. The Kier molecular flexibility index (Phi) is 1.71. The van der Waals surface area contributed by atoms with Crippen molar-refractivity contribution in [3.8, 4) is 12.1 Å². The van der Waals surface area contributed by atoms with Crippen LogP contribution in [0.4, 0.5) is 0 Å². The van der Waals surface area contributed by atoms with E-state index < -0.39 is 0 Å². The van der Waals surface area contributed by atoms with Crippen LogP contribution >= 0.6 is 0 Å². The molecule has 2 nitrogen and oxygen atoms in total. The number of nitrogens with zero attached hydrogens (tertiary/aromatic N) is 2. The molecule has 2 aliphatic carbocycles. The zero-order chi connectivity index (χ0) is 10.4. The fourth-order valence-electron chi connectivity index (χ4n) is 3.53. The van der Waals surface area contributed by atoms with Crippen molar-refractivity contribution in [2.45, 2.75) is 46.0 Å². The maximum Gasteiger partial charge on any atom is 0.0714 e. The fourth-order valence-corrected chi connectivity index (χ4v) is 3.53. The monoisotopic (exact) mass is 188 g/mol. The minimum Gasteiger partial charge on any atom is -0.198 e. The van der Waals surface area contributed by atoms with Gasteiger partial charge in [0.15, 0.2) is 0 Å². The Bertz CT molecular complexity index is 328. The Labute approximate surface area is 85.5 Å². The van der Waals surface area contributed by atoms with Crippen molar-refractivity contribution in [2.24, 2.45) is 16.2 Å². The van der Waals surface area contributed by atoms with E-state index in [0.717, 1.165) is 12.8 Å². The predicted octanol–water partition coefficient (Wildman–Crippen LogP) is 3.01. The van der Waals surface area contributed by atoms with Crippen LogP contribution in [0.3, 0.4) is 0 Å². The van der Waals surface area contributed by atoms with Gasteiger partial charge in [-0.15, -0.1) is 0 Å². The summed E-state index contributed by atoms with van der Waals surface area (Å²) in [5.41, 5.74) is 0.327. The van der Waals surface area contributed by atoms with Gasteiger partial charge in [0, 0.05) is 0 Å². The molecule has 14 heavy (non-hydrogen) atoms. The standard InChI is InChI=1S/C12H16N2/c1-10-3-4-11(10,2)8-12(7-10,9-14)5-6-13/h3-5,7-8H2,1-2H3/t10-,11+,12?. The molecule has 0 radical (unpaired) electrons. The molecule has 0 aromatic rings. The van der Waals surface area contributed by atoms with E-state index in [4.69, 9.17) is 5.26 Å². The summed E-state index contributed by atoms with van der Waals surface area (Å²) in [4.78, 5) is 0. The van der Waals surface area contributed by atoms with Crippen LogP contribution in [-0.2, 0) is 0 Å². The van der Waals surface area contributed by atoms with E-state index in [0.29, 0.717) is 17.3 Å². The highest BCUT2D eigenvalue weighted by Gasteiger charge is 2.63. The number of hydrogen-bond acceptors (Lipinski definition) is 2. The number of nitriles is 2. The number of rotatable bonds is 1. The minimum absolute atomic E-state index is 0.333. The van der Waals surface area contributed by atoms with Crippen molar-refractivity contribution in [1.82, 2.24) is 0 Å². The van der Waals surface area contributed by atoms with E-state index in [9.17, 15) is 5.26 Å². The van der Waals surface area contributed by atoms with Gasteiger partial charge in [0.05, 0.1) is 24.0 Å². The largest absolute Gasteiger partial charge is 0.198 e. The van der Waals surface area contributed by atoms with Crippen molar-refractivity contribution >= 4 is 0 Å². The predicted molar refractivity (Wildman–Crippen MR) is 53.0 cm³/mol. The van der Waals surface area contributed by atoms with Crippen LogP contribution in [0.5, 0.6) is 0 Å². The van der Waals surface area contributed by atoms with E-state index >= 15 is 0 Å². The van der Waals surface area contributed by atoms with Gasteiger partial charge < -0.3 is 0 Å². The Hall–Kier alpha value is -1.02. The second-order valence-electron chi connectivity index (χ2n) is 5.70. The van der Waals surface area contributed by atoms with Gasteiger partial charge in [-0.05, 0) is 36.5 Å². The first-order valence-electron chi connectivity index (χ1n) is 5.28. The molecule has 2 rings (SSSR count). The van der Waals surface area contributed by atoms with Crippen LogP contribution in [-0.4, -0.2) is 0 Å². The first-order valence-corrected chi connectivity index (χ1v) is 5.28. The van der Waals surface area contributed by atoms with Crippen molar-refractivity contribution in [2.75, 3.05) is 0 Å². The molecule has 0 heterocycles. The molecule has 0 aliphatic heterocycles. The Morgan fingerprint density at radius 1 is 1.07 bits per heavy atom. The number of hydrogen-bond donors (Lipinski definition) is 0. The summed E-state index contributed by atoms with van der Waals surface area (Å²) in [7, 11) is 0. The maximum atomic E-state index is 9.24. The van der Waals surface area contributed by atoms with E-state index in [1.54, 1.807) is 0 Å². The van der Waals surface area contributed by atoms with Crippen LogP contribution in [0, 0.1) is 38.9 Å². The molecule has 2 fully saturated rings. The zero-order valence-electron chi connectivity index (χ0n) is 8.93. The summed E-state index contributed by atoms with van der Waals surface area (Å²) in [6.45, 7) is 4.57. The molecule has 2 saturated carbocycles. The van der Waals surface area contributed by atoms with Crippen LogP contribution in [0.25, 0.3) is 0 Å². The Morgan fingerprint density at radius 2 is 1.57 bits per heavy atom.